The van der Waals surface area contributed by atoms with Gasteiger partial charge < -0.3 is 4.90 Å². The van der Waals surface area contributed by atoms with Crippen molar-refractivity contribution in [3.63, 3.8) is 0 Å². The first-order chi connectivity index (χ1) is 12.0. The molecule has 1 N–H and O–H groups in total. The molecule has 0 aromatic heterocycles. The number of nitrogens with zero attached hydrogens (tertiary/aromatic N) is 2. The summed E-state index contributed by atoms with van der Waals surface area (Å²) in [6, 6.07) is 16.8. The number of rotatable bonds is 4. The lowest BCUT2D eigenvalue weighted by Crippen LogP contribution is -3.13. The van der Waals surface area contributed by atoms with Gasteiger partial charge in [0.15, 0.2) is 0 Å². The molecule has 0 bridgehead atoms. The third-order valence-electron chi connectivity index (χ3n) is 4.59. The van der Waals surface area contributed by atoms with Gasteiger partial charge in [0.2, 0.25) is 10.0 Å². The van der Waals surface area contributed by atoms with Crippen LogP contribution in [0.4, 0.5) is 0 Å². The summed E-state index contributed by atoms with van der Waals surface area (Å²) in [4.78, 5) is 1.49. The first-order valence-electron chi connectivity index (χ1n) is 8.39. The summed E-state index contributed by atoms with van der Waals surface area (Å²) in [5.41, 5.74) is 2.73. The van der Waals surface area contributed by atoms with Crippen LogP contribution in [0.3, 0.4) is 0 Å². The SMILES string of the molecule is Cc1cccc(C[NH+]2CCN(S(=O)(=O)c3ccccc3C#N)CC2)c1. The number of sulfonamides is 1. The molecule has 2 aromatic carbocycles. The van der Waals surface area contributed by atoms with Crippen LogP contribution in [0.2, 0.25) is 0 Å². The van der Waals surface area contributed by atoms with Gasteiger partial charge in [-0.3, -0.25) is 0 Å². The van der Waals surface area contributed by atoms with Crippen LogP contribution in [0.15, 0.2) is 53.4 Å². The summed E-state index contributed by atoms with van der Waals surface area (Å²) < 4.78 is 27.2. The Morgan fingerprint density at radius 3 is 2.52 bits per heavy atom. The van der Waals surface area contributed by atoms with E-state index in [1.54, 1.807) is 18.2 Å². The van der Waals surface area contributed by atoms with Gasteiger partial charge in [0.25, 0.3) is 0 Å². The summed E-state index contributed by atoms with van der Waals surface area (Å²) in [5.74, 6) is 0. The molecule has 1 aliphatic heterocycles. The second kappa shape index (κ2) is 7.36. The standard InChI is InChI=1S/C19H21N3O2S/c1-16-5-4-6-17(13-16)15-21-9-11-22(12-10-21)25(23,24)19-8-3-2-7-18(19)14-20/h2-8,13H,9-12,15H2,1H3/p+1. The monoisotopic (exact) mass is 356 g/mol. The Bertz CT molecular complexity index is 895. The molecule has 0 spiro atoms. The molecule has 0 unspecified atom stereocenters. The maximum absolute atomic E-state index is 12.8. The van der Waals surface area contributed by atoms with E-state index in [1.165, 1.54) is 26.4 Å². The molecule has 6 heteroatoms. The van der Waals surface area contributed by atoms with Crippen molar-refractivity contribution in [3.05, 3.63) is 65.2 Å². The molecule has 25 heavy (non-hydrogen) atoms. The van der Waals surface area contributed by atoms with Gasteiger partial charge >= 0.3 is 0 Å². The maximum Gasteiger partial charge on any atom is 0.244 e. The van der Waals surface area contributed by atoms with Crippen LogP contribution >= 0.6 is 0 Å². The zero-order valence-corrected chi connectivity index (χ0v) is 15.1. The van der Waals surface area contributed by atoms with Gasteiger partial charge in [-0.05, 0) is 19.1 Å². The number of nitrogens with one attached hydrogen (secondary N) is 1. The molecular formula is C19H22N3O2S+. The molecule has 1 aliphatic rings. The minimum Gasteiger partial charge on any atom is -0.329 e. The second-order valence-corrected chi connectivity index (χ2v) is 8.33. The third kappa shape index (κ3) is 3.90. The number of quaternary nitrogens is 1. The molecular weight excluding hydrogens is 334 g/mol. The predicted octanol–water partition coefficient (Wildman–Crippen LogP) is 0.956. The number of benzene rings is 2. The highest BCUT2D eigenvalue weighted by atomic mass is 32.2. The highest BCUT2D eigenvalue weighted by molar-refractivity contribution is 7.89. The zero-order valence-electron chi connectivity index (χ0n) is 14.3. The summed E-state index contributed by atoms with van der Waals surface area (Å²) in [6.45, 7) is 5.47. The smallest absolute Gasteiger partial charge is 0.244 e. The highest BCUT2D eigenvalue weighted by Crippen LogP contribution is 2.19. The number of aryl methyl sites for hydroxylation is 1. The van der Waals surface area contributed by atoms with Crippen molar-refractivity contribution in [1.29, 1.82) is 5.26 Å². The van der Waals surface area contributed by atoms with E-state index in [0.717, 1.165) is 19.6 Å². The van der Waals surface area contributed by atoms with Gasteiger partial charge in [0.05, 0.1) is 36.6 Å². The van der Waals surface area contributed by atoms with Gasteiger partial charge in [-0.1, -0.05) is 42.0 Å². The van der Waals surface area contributed by atoms with E-state index < -0.39 is 10.0 Å². The first kappa shape index (κ1) is 17.6. The predicted molar refractivity (Wildman–Crippen MR) is 95.5 cm³/mol. The summed E-state index contributed by atoms with van der Waals surface area (Å²) in [7, 11) is -3.61. The molecule has 0 atom stereocenters. The van der Waals surface area contributed by atoms with Crippen LogP contribution in [-0.2, 0) is 16.6 Å². The minimum atomic E-state index is -3.61. The van der Waals surface area contributed by atoms with Gasteiger partial charge in [-0.25, -0.2) is 8.42 Å². The fourth-order valence-corrected chi connectivity index (χ4v) is 4.84. The molecule has 2 aromatic rings. The van der Waals surface area contributed by atoms with E-state index in [9.17, 15) is 13.7 Å². The zero-order chi connectivity index (χ0) is 17.9. The Morgan fingerprint density at radius 2 is 1.84 bits per heavy atom. The molecule has 5 nitrogen and oxygen atoms in total. The van der Waals surface area contributed by atoms with Crippen LogP contribution in [0.1, 0.15) is 16.7 Å². The summed E-state index contributed by atoms with van der Waals surface area (Å²) in [5, 5.41) is 9.17. The van der Waals surface area contributed by atoms with E-state index in [4.69, 9.17) is 0 Å². The minimum absolute atomic E-state index is 0.111. The number of nitriles is 1. The molecule has 1 heterocycles. The Labute approximate surface area is 149 Å². The van der Waals surface area contributed by atoms with Crippen molar-refractivity contribution in [2.45, 2.75) is 18.4 Å². The molecule has 0 radical (unpaired) electrons. The molecule has 130 valence electrons. The van der Waals surface area contributed by atoms with Gasteiger partial charge in [-0.2, -0.15) is 9.57 Å². The van der Waals surface area contributed by atoms with E-state index >= 15 is 0 Å². The topological polar surface area (TPSA) is 65.6 Å². The average Bonchev–Trinajstić information content (AvgIpc) is 2.62. The fourth-order valence-electron chi connectivity index (χ4n) is 3.25. The Balaban J connectivity index is 1.68. The number of piperazine rings is 1. The Morgan fingerprint density at radius 1 is 1.12 bits per heavy atom. The number of hydrogen-bond acceptors (Lipinski definition) is 3. The van der Waals surface area contributed by atoms with Gasteiger partial charge in [0, 0.05) is 5.56 Å². The lowest BCUT2D eigenvalue weighted by atomic mass is 10.1. The van der Waals surface area contributed by atoms with Crippen molar-refractivity contribution in [3.8, 4) is 6.07 Å². The maximum atomic E-state index is 12.8. The molecule has 1 saturated heterocycles. The van der Waals surface area contributed by atoms with Crippen molar-refractivity contribution >= 4 is 10.0 Å². The van der Waals surface area contributed by atoms with Crippen molar-refractivity contribution < 1.29 is 13.3 Å². The van der Waals surface area contributed by atoms with Crippen LogP contribution < -0.4 is 4.90 Å². The van der Waals surface area contributed by atoms with Crippen LogP contribution in [0.25, 0.3) is 0 Å². The van der Waals surface area contributed by atoms with Crippen LogP contribution in [0.5, 0.6) is 0 Å². The van der Waals surface area contributed by atoms with Crippen LogP contribution in [-0.4, -0.2) is 38.9 Å². The van der Waals surface area contributed by atoms with Crippen LogP contribution in [0, 0.1) is 18.3 Å². The first-order valence-corrected chi connectivity index (χ1v) is 9.83. The van der Waals surface area contributed by atoms with Crippen molar-refractivity contribution in [2.24, 2.45) is 0 Å². The third-order valence-corrected chi connectivity index (χ3v) is 6.55. The summed E-state index contributed by atoms with van der Waals surface area (Å²) in [6.07, 6.45) is 0. The molecule has 0 amide bonds. The van der Waals surface area contributed by atoms with E-state index in [2.05, 4.69) is 31.2 Å². The normalized spacial score (nSPS) is 16.5. The summed E-state index contributed by atoms with van der Waals surface area (Å²) >= 11 is 0. The lowest BCUT2D eigenvalue weighted by molar-refractivity contribution is -0.917. The highest BCUT2D eigenvalue weighted by Gasteiger charge is 2.31. The molecule has 1 fully saturated rings. The van der Waals surface area contributed by atoms with E-state index in [0.29, 0.717) is 13.1 Å². The second-order valence-electron chi connectivity index (χ2n) is 6.43. The largest absolute Gasteiger partial charge is 0.329 e. The lowest BCUT2D eigenvalue weighted by Gasteiger charge is -2.31. The van der Waals surface area contributed by atoms with Crippen molar-refractivity contribution in [2.75, 3.05) is 26.2 Å². The molecule has 0 aliphatic carbocycles. The fraction of sp³-hybridized carbons (Fsp3) is 0.316. The quantitative estimate of drug-likeness (QED) is 0.887. The Hall–Kier alpha value is -2.20. The average molecular weight is 356 g/mol. The Kier molecular flexibility index (Phi) is 5.19. The van der Waals surface area contributed by atoms with Gasteiger partial charge in [0.1, 0.15) is 12.6 Å². The van der Waals surface area contributed by atoms with Crippen molar-refractivity contribution in [1.82, 2.24) is 4.31 Å². The van der Waals surface area contributed by atoms with Gasteiger partial charge in [-0.15, -0.1) is 0 Å². The van der Waals surface area contributed by atoms with E-state index in [-0.39, 0.29) is 10.5 Å². The number of hydrogen-bond donors (Lipinski definition) is 1. The van der Waals surface area contributed by atoms with E-state index in [1.807, 2.05) is 6.07 Å². The molecule has 0 saturated carbocycles. The molecule has 3 rings (SSSR count).